The predicted octanol–water partition coefficient (Wildman–Crippen LogP) is 4.37. The minimum absolute atomic E-state index is 0.00858. The molecule has 0 unspecified atom stereocenters. The Morgan fingerprint density at radius 1 is 0.840 bits per heavy atom. The van der Waals surface area contributed by atoms with Gasteiger partial charge in [0, 0.05) is 20.2 Å². The number of hydrogen-bond donors (Lipinski definition) is 0. The van der Waals surface area contributed by atoms with Crippen molar-refractivity contribution in [2.45, 2.75) is 6.42 Å². The predicted molar refractivity (Wildman–Crippen MR) is 99.5 cm³/mol. The van der Waals surface area contributed by atoms with Crippen molar-refractivity contribution in [3.8, 4) is 0 Å². The fourth-order valence-electron chi connectivity index (χ4n) is 5.01. The van der Waals surface area contributed by atoms with Crippen LogP contribution in [0.1, 0.15) is 6.42 Å². The average molecular weight is 345 g/mol. The van der Waals surface area contributed by atoms with Crippen molar-refractivity contribution in [2.75, 3.05) is 4.90 Å². The Kier molecular flexibility index (Phi) is 2.53. The van der Waals surface area contributed by atoms with Gasteiger partial charge in [0.1, 0.15) is 0 Å². The Hall–Kier alpha value is -2.46. The van der Waals surface area contributed by atoms with Gasteiger partial charge < -0.3 is 0 Å². The molecule has 4 atom stereocenters. The minimum Gasteiger partial charge on any atom is -0.274 e. The lowest BCUT2D eigenvalue weighted by molar-refractivity contribution is -0.123. The van der Waals surface area contributed by atoms with Gasteiger partial charge in [0.05, 0.1) is 17.5 Å². The van der Waals surface area contributed by atoms with Crippen LogP contribution in [-0.2, 0) is 9.59 Å². The highest BCUT2D eigenvalue weighted by Gasteiger charge is 2.59. The fourth-order valence-corrected chi connectivity index (χ4v) is 6.10. The second-order valence-electron chi connectivity index (χ2n) is 7.29. The van der Waals surface area contributed by atoms with Crippen LogP contribution in [0.5, 0.6) is 0 Å². The van der Waals surface area contributed by atoms with Gasteiger partial charge in [-0.05, 0) is 42.5 Å². The van der Waals surface area contributed by atoms with E-state index in [2.05, 4.69) is 24.3 Å². The molecule has 2 heterocycles. The first-order valence-corrected chi connectivity index (χ1v) is 9.51. The van der Waals surface area contributed by atoms with Crippen LogP contribution in [0.3, 0.4) is 0 Å². The lowest BCUT2D eigenvalue weighted by Crippen LogP contribution is -2.32. The molecule has 122 valence electrons. The Labute approximate surface area is 148 Å². The maximum absolute atomic E-state index is 13.0. The second kappa shape index (κ2) is 4.58. The number of carbonyl (C=O) groups excluding carboxylic acids is 2. The molecule has 0 N–H and O–H groups in total. The molecule has 3 aliphatic rings. The van der Waals surface area contributed by atoms with Crippen LogP contribution < -0.4 is 4.90 Å². The number of imide groups is 1. The van der Waals surface area contributed by atoms with E-state index in [4.69, 9.17) is 0 Å². The normalized spacial score (nSPS) is 30.2. The topological polar surface area (TPSA) is 37.4 Å². The van der Waals surface area contributed by atoms with E-state index in [1.54, 1.807) is 11.3 Å². The van der Waals surface area contributed by atoms with Gasteiger partial charge in [0.15, 0.2) is 0 Å². The van der Waals surface area contributed by atoms with Crippen LogP contribution in [-0.4, -0.2) is 11.8 Å². The Morgan fingerprint density at radius 3 is 2.28 bits per heavy atom. The first kappa shape index (κ1) is 13.8. The summed E-state index contributed by atoms with van der Waals surface area (Å²) < 4.78 is 2.42. The quantitative estimate of drug-likeness (QED) is 0.485. The number of nitrogens with zero attached hydrogens (tertiary/aromatic N) is 1. The van der Waals surface area contributed by atoms with Gasteiger partial charge in [0.2, 0.25) is 11.8 Å². The summed E-state index contributed by atoms with van der Waals surface area (Å²) in [6.45, 7) is 0. The summed E-state index contributed by atoms with van der Waals surface area (Å²) in [5.74, 6) is 0.204. The maximum Gasteiger partial charge on any atom is 0.238 e. The molecule has 6 rings (SSSR count). The molecular formula is C21H15NO2S. The number of benzene rings is 2. The van der Waals surface area contributed by atoms with Gasteiger partial charge in [-0.3, -0.25) is 9.59 Å². The third-order valence-electron chi connectivity index (χ3n) is 6.09. The number of hydrogen-bond acceptors (Lipinski definition) is 3. The van der Waals surface area contributed by atoms with Crippen molar-refractivity contribution in [2.24, 2.45) is 23.7 Å². The molecule has 0 radical (unpaired) electrons. The molecule has 1 aromatic heterocycles. The van der Waals surface area contributed by atoms with Crippen LogP contribution >= 0.6 is 11.3 Å². The van der Waals surface area contributed by atoms with Gasteiger partial charge in [0.25, 0.3) is 0 Å². The molecule has 0 spiro atoms. The number of allylic oxidation sites excluding steroid dienone is 2. The van der Waals surface area contributed by atoms with E-state index in [0.29, 0.717) is 0 Å². The zero-order chi connectivity index (χ0) is 16.7. The van der Waals surface area contributed by atoms with Gasteiger partial charge in [-0.25, -0.2) is 4.90 Å². The zero-order valence-electron chi connectivity index (χ0n) is 13.4. The molecule has 2 bridgehead atoms. The molecule has 4 heteroatoms. The summed E-state index contributed by atoms with van der Waals surface area (Å²) in [6.07, 6.45) is 5.24. The lowest BCUT2D eigenvalue weighted by Gasteiger charge is -2.17. The summed E-state index contributed by atoms with van der Waals surface area (Å²) in [6, 6.07) is 14.3. The zero-order valence-corrected chi connectivity index (χ0v) is 14.2. The molecule has 3 aromatic rings. The number of thiophene rings is 1. The second-order valence-corrected chi connectivity index (χ2v) is 8.37. The van der Waals surface area contributed by atoms with Crippen LogP contribution in [0.2, 0.25) is 0 Å². The summed E-state index contributed by atoms with van der Waals surface area (Å²) in [4.78, 5) is 27.5. The van der Waals surface area contributed by atoms with Crippen molar-refractivity contribution >= 4 is 49.0 Å². The first-order valence-electron chi connectivity index (χ1n) is 8.70. The number of anilines is 1. The molecule has 2 amide bonds. The van der Waals surface area contributed by atoms with Crippen molar-refractivity contribution in [1.82, 2.24) is 0 Å². The monoisotopic (exact) mass is 345 g/mol. The van der Waals surface area contributed by atoms with E-state index in [1.807, 2.05) is 30.3 Å². The molecule has 2 aliphatic carbocycles. The van der Waals surface area contributed by atoms with E-state index >= 15 is 0 Å². The van der Waals surface area contributed by atoms with Gasteiger partial charge in [-0.15, -0.1) is 11.3 Å². The van der Waals surface area contributed by atoms with Crippen LogP contribution in [0.25, 0.3) is 20.2 Å². The average Bonchev–Trinajstić information content (AvgIpc) is 3.37. The number of fused-ring (bicyclic) bond motifs is 8. The largest absolute Gasteiger partial charge is 0.274 e. The molecule has 2 fully saturated rings. The van der Waals surface area contributed by atoms with Crippen molar-refractivity contribution in [3.63, 3.8) is 0 Å². The maximum atomic E-state index is 13.0. The molecule has 1 aliphatic heterocycles. The smallest absolute Gasteiger partial charge is 0.238 e. The minimum atomic E-state index is -0.141. The van der Waals surface area contributed by atoms with Gasteiger partial charge >= 0.3 is 0 Å². The lowest BCUT2D eigenvalue weighted by atomic mass is 9.85. The molecule has 1 saturated heterocycles. The standard InChI is InChI=1S/C21H15NO2S/c23-20-18-11-5-6-12(9-11)19(18)21(24)22(20)13-7-8-17-15(10-13)14-3-1-2-4-16(14)25-17/h1-8,10-12,18-19H,9H2/t11-,12-,18-,19+/m1/s1. The Morgan fingerprint density at radius 2 is 1.52 bits per heavy atom. The summed E-state index contributed by atoms with van der Waals surface area (Å²) in [5, 5.41) is 2.31. The third kappa shape index (κ3) is 1.65. The van der Waals surface area contributed by atoms with Crippen LogP contribution in [0.4, 0.5) is 5.69 Å². The van der Waals surface area contributed by atoms with Crippen molar-refractivity contribution in [1.29, 1.82) is 0 Å². The van der Waals surface area contributed by atoms with E-state index in [-0.39, 0.29) is 35.5 Å². The summed E-state index contributed by atoms with van der Waals surface area (Å²) in [5.41, 5.74) is 0.722. The highest BCUT2D eigenvalue weighted by Crippen LogP contribution is 2.53. The van der Waals surface area contributed by atoms with E-state index in [1.165, 1.54) is 19.7 Å². The molecule has 2 aromatic carbocycles. The summed E-state index contributed by atoms with van der Waals surface area (Å²) in [7, 11) is 0. The summed E-state index contributed by atoms with van der Waals surface area (Å²) >= 11 is 1.74. The van der Waals surface area contributed by atoms with Gasteiger partial charge in [-0.1, -0.05) is 30.4 Å². The van der Waals surface area contributed by atoms with Crippen LogP contribution in [0, 0.1) is 23.7 Å². The highest BCUT2D eigenvalue weighted by atomic mass is 32.1. The van der Waals surface area contributed by atoms with E-state index < -0.39 is 0 Å². The molecular weight excluding hydrogens is 330 g/mol. The molecule has 25 heavy (non-hydrogen) atoms. The fraction of sp³-hybridized carbons (Fsp3) is 0.238. The third-order valence-corrected chi connectivity index (χ3v) is 7.24. The van der Waals surface area contributed by atoms with E-state index in [9.17, 15) is 9.59 Å². The highest BCUT2D eigenvalue weighted by molar-refractivity contribution is 7.25. The van der Waals surface area contributed by atoms with E-state index in [0.717, 1.165) is 17.5 Å². The van der Waals surface area contributed by atoms with Gasteiger partial charge in [-0.2, -0.15) is 0 Å². The van der Waals surface area contributed by atoms with Crippen LogP contribution in [0.15, 0.2) is 54.6 Å². The SMILES string of the molecule is O=C1[C@@H]2[C@H](C(=O)N1c1ccc3sc4ccccc4c3c1)[C@@H]1C=C[C@@H]2C1. The Balaban J connectivity index is 1.50. The number of carbonyl (C=O) groups is 2. The molecule has 3 nitrogen and oxygen atoms in total. The number of amides is 2. The Bertz CT molecular complexity index is 1080. The first-order chi connectivity index (χ1) is 12.2. The van der Waals surface area contributed by atoms with Crippen molar-refractivity contribution in [3.05, 3.63) is 54.6 Å². The number of rotatable bonds is 1. The van der Waals surface area contributed by atoms with Crippen molar-refractivity contribution < 1.29 is 9.59 Å². The molecule has 1 saturated carbocycles.